The van der Waals surface area contributed by atoms with E-state index in [0.29, 0.717) is 6.54 Å². The highest BCUT2D eigenvalue weighted by molar-refractivity contribution is 5.79. The van der Waals surface area contributed by atoms with Gasteiger partial charge in [-0.25, -0.2) is 4.68 Å². The number of rotatable bonds is 8. The number of aryl methyl sites for hydroxylation is 2. The van der Waals surface area contributed by atoms with Gasteiger partial charge >= 0.3 is 0 Å². The molecule has 0 radical (unpaired) electrons. The third-order valence-corrected chi connectivity index (χ3v) is 5.13. The fraction of sp³-hybridized carbons (Fsp3) is 0.240. The lowest BCUT2D eigenvalue weighted by Gasteiger charge is -2.15. The molecule has 0 saturated carbocycles. The Balaban J connectivity index is 1.90. The maximum Gasteiger partial charge on any atom is 0.128 e. The molecule has 4 nitrogen and oxygen atoms in total. The highest BCUT2D eigenvalue weighted by Crippen LogP contribution is 2.21. The Morgan fingerprint density at radius 3 is 2.38 bits per heavy atom. The molecule has 2 aromatic carbocycles. The lowest BCUT2D eigenvalue weighted by Crippen LogP contribution is -2.19. The van der Waals surface area contributed by atoms with Crippen molar-refractivity contribution < 1.29 is 0 Å². The second-order valence-electron chi connectivity index (χ2n) is 7.40. The Morgan fingerprint density at radius 1 is 1.00 bits per heavy atom. The molecule has 0 spiro atoms. The van der Waals surface area contributed by atoms with Gasteiger partial charge in [0.05, 0.1) is 6.20 Å². The molecule has 4 heteroatoms. The van der Waals surface area contributed by atoms with Crippen LogP contribution in [-0.4, -0.2) is 16.8 Å². The number of hydrogen-bond acceptors (Lipinski definition) is 3. The highest BCUT2D eigenvalue weighted by Gasteiger charge is 2.10. The SMILES string of the molecule is C=C(/C=C(/NCc1cccc(CNC)c1)n1ncc(C)c1C)c1ccccc1C. The molecule has 0 aliphatic heterocycles. The molecule has 0 amide bonds. The van der Waals surface area contributed by atoms with Crippen molar-refractivity contribution in [1.29, 1.82) is 0 Å². The number of allylic oxidation sites excluding steroid dienone is 2. The van der Waals surface area contributed by atoms with Crippen LogP contribution in [0, 0.1) is 20.8 Å². The van der Waals surface area contributed by atoms with Crippen LogP contribution >= 0.6 is 0 Å². The van der Waals surface area contributed by atoms with Crippen molar-refractivity contribution in [3.8, 4) is 0 Å². The van der Waals surface area contributed by atoms with E-state index in [2.05, 4.69) is 85.6 Å². The van der Waals surface area contributed by atoms with Crippen LogP contribution < -0.4 is 10.6 Å². The molecule has 29 heavy (non-hydrogen) atoms. The summed E-state index contributed by atoms with van der Waals surface area (Å²) in [6.07, 6.45) is 3.98. The molecule has 0 bridgehead atoms. The minimum absolute atomic E-state index is 0.711. The van der Waals surface area contributed by atoms with Crippen molar-refractivity contribution in [3.05, 3.63) is 101 Å². The van der Waals surface area contributed by atoms with Crippen molar-refractivity contribution in [3.63, 3.8) is 0 Å². The summed E-state index contributed by atoms with van der Waals surface area (Å²) in [6, 6.07) is 16.9. The molecule has 0 aliphatic rings. The molecule has 3 rings (SSSR count). The van der Waals surface area contributed by atoms with E-state index in [1.54, 1.807) is 0 Å². The fourth-order valence-corrected chi connectivity index (χ4v) is 3.34. The molecular weight excluding hydrogens is 356 g/mol. The van der Waals surface area contributed by atoms with E-state index in [1.165, 1.54) is 16.7 Å². The number of hydrogen-bond donors (Lipinski definition) is 2. The second-order valence-corrected chi connectivity index (χ2v) is 7.40. The van der Waals surface area contributed by atoms with Crippen molar-refractivity contribution >= 4 is 11.4 Å². The maximum absolute atomic E-state index is 4.58. The molecule has 0 saturated heterocycles. The molecular formula is C25H30N4. The third-order valence-electron chi connectivity index (χ3n) is 5.13. The number of benzene rings is 2. The van der Waals surface area contributed by atoms with Gasteiger partial charge in [0, 0.05) is 18.8 Å². The zero-order valence-electron chi connectivity index (χ0n) is 17.8. The normalized spacial score (nSPS) is 11.5. The van der Waals surface area contributed by atoms with Crippen LogP contribution in [0.4, 0.5) is 0 Å². The lowest BCUT2D eigenvalue weighted by molar-refractivity contribution is 0.753. The Morgan fingerprint density at radius 2 is 1.72 bits per heavy atom. The predicted octanol–water partition coefficient (Wildman–Crippen LogP) is 4.83. The zero-order chi connectivity index (χ0) is 20.8. The minimum Gasteiger partial charge on any atom is -0.366 e. The van der Waals surface area contributed by atoms with Gasteiger partial charge < -0.3 is 10.6 Å². The number of nitrogens with one attached hydrogen (secondary N) is 2. The summed E-state index contributed by atoms with van der Waals surface area (Å²) < 4.78 is 1.95. The molecule has 0 atom stereocenters. The van der Waals surface area contributed by atoms with E-state index >= 15 is 0 Å². The van der Waals surface area contributed by atoms with Gasteiger partial charge in [0.1, 0.15) is 5.82 Å². The summed E-state index contributed by atoms with van der Waals surface area (Å²) in [7, 11) is 1.96. The Hall–Kier alpha value is -3.11. The summed E-state index contributed by atoms with van der Waals surface area (Å²) in [6.45, 7) is 12.2. The summed E-state index contributed by atoms with van der Waals surface area (Å²) >= 11 is 0. The fourth-order valence-electron chi connectivity index (χ4n) is 3.34. The summed E-state index contributed by atoms with van der Waals surface area (Å²) in [4.78, 5) is 0. The van der Waals surface area contributed by atoms with E-state index in [-0.39, 0.29) is 0 Å². The first-order valence-corrected chi connectivity index (χ1v) is 9.94. The number of aromatic nitrogens is 2. The molecule has 0 unspecified atom stereocenters. The quantitative estimate of drug-likeness (QED) is 0.545. The number of nitrogens with zero attached hydrogens (tertiary/aromatic N) is 2. The van der Waals surface area contributed by atoms with Gasteiger partial charge in [0.2, 0.25) is 0 Å². The second kappa shape index (κ2) is 9.39. The van der Waals surface area contributed by atoms with E-state index in [0.717, 1.165) is 34.8 Å². The van der Waals surface area contributed by atoms with Gasteiger partial charge in [-0.15, -0.1) is 0 Å². The molecule has 3 aromatic rings. The van der Waals surface area contributed by atoms with E-state index < -0.39 is 0 Å². The first kappa shape index (κ1) is 20.6. The Bertz CT molecular complexity index is 1030. The minimum atomic E-state index is 0.711. The molecule has 0 fully saturated rings. The van der Waals surface area contributed by atoms with E-state index in [4.69, 9.17) is 0 Å². The smallest absolute Gasteiger partial charge is 0.128 e. The van der Waals surface area contributed by atoms with Crippen LogP contribution in [0.1, 0.15) is 33.5 Å². The van der Waals surface area contributed by atoms with Gasteiger partial charge in [0.25, 0.3) is 0 Å². The first-order valence-electron chi connectivity index (χ1n) is 9.94. The molecule has 150 valence electrons. The van der Waals surface area contributed by atoms with Crippen molar-refractivity contribution in [2.75, 3.05) is 7.05 Å². The van der Waals surface area contributed by atoms with Crippen molar-refractivity contribution in [2.24, 2.45) is 0 Å². The van der Waals surface area contributed by atoms with Crippen LogP contribution in [-0.2, 0) is 13.1 Å². The van der Waals surface area contributed by atoms with Gasteiger partial charge in [0.15, 0.2) is 0 Å². The Kier molecular flexibility index (Phi) is 6.68. The van der Waals surface area contributed by atoms with Crippen LogP contribution in [0.2, 0.25) is 0 Å². The molecule has 1 aromatic heterocycles. The largest absolute Gasteiger partial charge is 0.366 e. The van der Waals surface area contributed by atoms with Crippen LogP contribution in [0.15, 0.2) is 67.4 Å². The average Bonchev–Trinajstić information content (AvgIpc) is 3.04. The monoisotopic (exact) mass is 386 g/mol. The predicted molar refractivity (Wildman–Crippen MR) is 122 cm³/mol. The standard InChI is InChI=1S/C25H30N4/c1-18-9-6-7-12-24(18)19(2)13-25(29-21(4)20(3)15-28-29)27-17-23-11-8-10-22(14-23)16-26-5/h6-15,26-27H,2,16-17H2,1,3-5H3/b25-13-. The summed E-state index contributed by atoms with van der Waals surface area (Å²) in [5.74, 6) is 0.919. The topological polar surface area (TPSA) is 41.9 Å². The van der Waals surface area contributed by atoms with Crippen LogP contribution in [0.5, 0.6) is 0 Å². The lowest BCUT2D eigenvalue weighted by atomic mass is 10.0. The van der Waals surface area contributed by atoms with Gasteiger partial charge in [-0.1, -0.05) is 55.1 Å². The molecule has 0 aliphatic carbocycles. The van der Waals surface area contributed by atoms with Crippen molar-refractivity contribution in [1.82, 2.24) is 20.4 Å². The van der Waals surface area contributed by atoms with E-state index in [1.807, 2.05) is 30.1 Å². The summed E-state index contributed by atoms with van der Waals surface area (Å²) in [5.41, 5.74) is 8.09. The van der Waals surface area contributed by atoms with Crippen LogP contribution in [0.25, 0.3) is 11.4 Å². The summed E-state index contributed by atoms with van der Waals surface area (Å²) in [5, 5.41) is 11.4. The first-order chi connectivity index (χ1) is 14.0. The third kappa shape index (κ3) is 5.04. The highest BCUT2D eigenvalue weighted by atomic mass is 15.3. The maximum atomic E-state index is 4.58. The molecule has 2 N–H and O–H groups in total. The van der Waals surface area contributed by atoms with Gasteiger partial charge in [-0.3, -0.25) is 0 Å². The zero-order valence-corrected chi connectivity index (χ0v) is 17.8. The van der Waals surface area contributed by atoms with Crippen molar-refractivity contribution in [2.45, 2.75) is 33.9 Å². The van der Waals surface area contributed by atoms with Gasteiger partial charge in [-0.2, -0.15) is 5.10 Å². The molecule has 1 heterocycles. The average molecular weight is 387 g/mol. The van der Waals surface area contributed by atoms with E-state index in [9.17, 15) is 0 Å². The van der Waals surface area contributed by atoms with Gasteiger partial charge in [-0.05, 0) is 67.3 Å². The Labute approximate surface area is 174 Å². The van der Waals surface area contributed by atoms with Crippen LogP contribution in [0.3, 0.4) is 0 Å².